The zero-order chi connectivity index (χ0) is 16.1. The number of likely N-dealkylation sites (tertiary alicyclic amines) is 1. The maximum Gasteiger partial charge on any atom is 0.316 e. The van der Waals surface area contributed by atoms with Crippen LogP contribution in [0.2, 0.25) is 0 Å². The molecular weight excluding hydrogens is 360 g/mol. The Balaban J connectivity index is 1.57. The minimum Gasteiger partial charge on any atom is -0.458 e. The molecule has 0 bridgehead atoms. The molecule has 6 nitrogen and oxygen atoms in total. The Morgan fingerprint density at radius 2 is 2.17 bits per heavy atom. The van der Waals surface area contributed by atoms with Crippen molar-refractivity contribution in [2.75, 3.05) is 13.1 Å². The molecule has 1 aliphatic rings. The number of piperidine rings is 1. The molecule has 3 heterocycles. The third-order valence-electron chi connectivity index (χ3n) is 3.68. The van der Waals surface area contributed by atoms with Crippen molar-refractivity contribution in [2.45, 2.75) is 25.4 Å². The summed E-state index contributed by atoms with van der Waals surface area (Å²) >= 11 is 3.29. The molecule has 0 N–H and O–H groups in total. The summed E-state index contributed by atoms with van der Waals surface area (Å²) in [4.78, 5) is 26.5. The smallest absolute Gasteiger partial charge is 0.316 e. The van der Waals surface area contributed by atoms with E-state index in [1.165, 1.54) is 0 Å². The van der Waals surface area contributed by atoms with Crippen LogP contribution < -0.4 is 4.74 Å². The number of pyridine rings is 1. The largest absolute Gasteiger partial charge is 0.458 e. The fraction of sp³-hybridized carbons (Fsp3) is 0.375. The maximum atomic E-state index is 12.4. The van der Waals surface area contributed by atoms with E-state index >= 15 is 0 Å². The number of hydrogen-bond acceptors (Lipinski definition) is 5. The van der Waals surface area contributed by atoms with Gasteiger partial charge < -0.3 is 9.64 Å². The van der Waals surface area contributed by atoms with Crippen molar-refractivity contribution < 1.29 is 9.53 Å². The van der Waals surface area contributed by atoms with Gasteiger partial charge in [0.15, 0.2) is 0 Å². The van der Waals surface area contributed by atoms with Crippen LogP contribution in [0, 0.1) is 0 Å². The van der Waals surface area contributed by atoms with Gasteiger partial charge >= 0.3 is 6.01 Å². The quantitative estimate of drug-likeness (QED) is 0.818. The van der Waals surface area contributed by atoms with Gasteiger partial charge in [-0.2, -0.15) is 0 Å². The van der Waals surface area contributed by atoms with Gasteiger partial charge in [-0.05, 0) is 40.4 Å². The summed E-state index contributed by atoms with van der Waals surface area (Å²) in [7, 11) is 0. The molecular formula is C16H17BrN4O2. The lowest BCUT2D eigenvalue weighted by Crippen LogP contribution is -2.45. The van der Waals surface area contributed by atoms with Crippen LogP contribution in [0.25, 0.3) is 0 Å². The topological polar surface area (TPSA) is 68.2 Å². The van der Waals surface area contributed by atoms with Crippen LogP contribution in [0.1, 0.15) is 18.4 Å². The van der Waals surface area contributed by atoms with E-state index in [9.17, 15) is 4.79 Å². The SMILES string of the molecule is O=C(Cc1cccnc1)N1CCCC(Oc2ncc(Br)cn2)C1. The van der Waals surface area contributed by atoms with E-state index in [1.54, 1.807) is 24.8 Å². The second kappa shape index (κ2) is 7.50. The molecule has 0 saturated carbocycles. The predicted molar refractivity (Wildman–Crippen MR) is 87.9 cm³/mol. The van der Waals surface area contributed by atoms with E-state index in [0.717, 1.165) is 29.4 Å². The van der Waals surface area contributed by atoms with E-state index < -0.39 is 0 Å². The molecule has 1 fully saturated rings. The molecule has 0 spiro atoms. The lowest BCUT2D eigenvalue weighted by atomic mass is 10.1. The first-order valence-electron chi connectivity index (χ1n) is 7.51. The van der Waals surface area contributed by atoms with Crippen LogP contribution in [0.4, 0.5) is 0 Å². The van der Waals surface area contributed by atoms with Gasteiger partial charge in [0.05, 0.1) is 17.4 Å². The molecule has 1 amide bonds. The second-order valence-electron chi connectivity index (χ2n) is 5.44. The fourth-order valence-corrected chi connectivity index (χ4v) is 2.77. The lowest BCUT2D eigenvalue weighted by Gasteiger charge is -2.32. The number of halogens is 1. The normalized spacial score (nSPS) is 17.8. The Hall–Kier alpha value is -2.02. The highest BCUT2D eigenvalue weighted by atomic mass is 79.9. The summed E-state index contributed by atoms with van der Waals surface area (Å²) in [6.45, 7) is 1.33. The summed E-state index contributed by atoms with van der Waals surface area (Å²) in [5, 5.41) is 0. The van der Waals surface area contributed by atoms with Gasteiger partial charge in [0.2, 0.25) is 5.91 Å². The highest BCUT2D eigenvalue weighted by molar-refractivity contribution is 9.10. The van der Waals surface area contributed by atoms with Gasteiger partial charge in [0.25, 0.3) is 0 Å². The van der Waals surface area contributed by atoms with Crippen LogP contribution in [-0.4, -0.2) is 45.0 Å². The Morgan fingerprint density at radius 3 is 2.91 bits per heavy atom. The number of nitrogens with zero attached hydrogens (tertiary/aromatic N) is 4. The van der Waals surface area contributed by atoms with Crippen molar-refractivity contribution in [1.82, 2.24) is 19.9 Å². The maximum absolute atomic E-state index is 12.4. The summed E-state index contributed by atoms with van der Waals surface area (Å²) in [6.07, 6.45) is 8.85. The third-order valence-corrected chi connectivity index (χ3v) is 4.09. The molecule has 7 heteroatoms. The molecule has 1 aliphatic heterocycles. The number of aromatic nitrogens is 3. The molecule has 0 aliphatic carbocycles. The van der Waals surface area contributed by atoms with Crippen molar-refractivity contribution in [3.63, 3.8) is 0 Å². The summed E-state index contributed by atoms with van der Waals surface area (Å²) in [5.74, 6) is 0.100. The van der Waals surface area contributed by atoms with Crippen LogP contribution in [-0.2, 0) is 11.2 Å². The van der Waals surface area contributed by atoms with E-state index in [-0.39, 0.29) is 12.0 Å². The summed E-state index contributed by atoms with van der Waals surface area (Å²) in [6, 6.07) is 4.11. The van der Waals surface area contributed by atoms with Crippen molar-refractivity contribution in [3.05, 3.63) is 47.0 Å². The average molecular weight is 377 g/mol. The van der Waals surface area contributed by atoms with E-state index in [2.05, 4.69) is 30.9 Å². The van der Waals surface area contributed by atoms with Crippen LogP contribution in [0.15, 0.2) is 41.4 Å². The number of carbonyl (C=O) groups excluding carboxylic acids is 1. The van der Waals surface area contributed by atoms with Crippen LogP contribution >= 0.6 is 15.9 Å². The number of amides is 1. The van der Waals surface area contributed by atoms with Crippen molar-refractivity contribution >= 4 is 21.8 Å². The minimum absolute atomic E-state index is 0.0669. The summed E-state index contributed by atoms with van der Waals surface area (Å²) < 4.78 is 6.60. The Morgan fingerprint density at radius 1 is 1.35 bits per heavy atom. The average Bonchev–Trinajstić information content (AvgIpc) is 2.58. The lowest BCUT2D eigenvalue weighted by molar-refractivity contribution is -0.133. The fourth-order valence-electron chi connectivity index (χ4n) is 2.56. The first kappa shape index (κ1) is 15.9. The highest BCUT2D eigenvalue weighted by Crippen LogP contribution is 2.17. The van der Waals surface area contributed by atoms with Gasteiger partial charge in [-0.3, -0.25) is 9.78 Å². The van der Waals surface area contributed by atoms with Crippen LogP contribution in [0.3, 0.4) is 0 Å². The zero-order valence-electron chi connectivity index (χ0n) is 12.6. The first-order chi connectivity index (χ1) is 11.2. The Bertz CT molecular complexity index is 651. The summed E-state index contributed by atoms with van der Waals surface area (Å²) in [5.41, 5.74) is 0.928. The Kier molecular flexibility index (Phi) is 5.17. The molecule has 3 rings (SSSR count). The van der Waals surface area contributed by atoms with Crippen molar-refractivity contribution in [3.8, 4) is 6.01 Å². The second-order valence-corrected chi connectivity index (χ2v) is 6.36. The molecule has 1 atom stereocenters. The molecule has 2 aromatic heterocycles. The standard InChI is InChI=1S/C16H17BrN4O2/c17-13-9-19-16(20-10-13)23-14-4-2-6-21(11-14)15(22)7-12-3-1-5-18-8-12/h1,3,5,8-10,14H,2,4,6-7,11H2. The van der Waals surface area contributed by atoms with Crippen molar-refractivity contribution in [1.29, 1.82) is 0 Å². The highest BCUT2D eigenvalue weighted by Gasteiger charge is 2.25. The van der Waals surface area contributed by atoms with E-state index in [4.69, 9.17) is 4.74 Å². The van der Waals surface area contributed by atoms with Gasteiger partial charge in [-0.15, -0.1) is 0 Å². The first-order valence-corrected chi connectivity index (χ1v) is 8.31. The number of carbonyl (C=O) groups is 1. The molecule has 1 unspecified atom stereocenters. The van der Waals surface area contributed by atoms with Crippen molar-refractivity contribution in [2.24, 2.45) is 0 Å². The minimum atomic E-state index is -0.0669. The van der Waals surface area contributed by atoms with Crippen LogP contribution in [0.5, 0.6) is 6.01 Å². The molecule has 0 radical (unpaired) electrons. The number of hydrogen-bond donors (Lipinski definition) is 0. The van der Waals surface area contributed by atoms with E-state index in [1.807, 2.05) is 17.0 Å². The Labute approximate surface area is 143 Å². The number of rotatable bonds is 4. The zero-order valence-corrected chi connectivity index (χ0v) is 14.1. The molecule has 2 aromatic rings. The molecule has 120 valence electrons. The molecule has 23 heavy (non-hydrogen) atoms. The molecule has 1 saturated heterocycles. The van der Waals surface area contributed by atoms with Gasteiger partial charge in [-0.25, -0.2) is 9.97 Å². The predicted octanol–water partition coefficient (Wildman–Crippen LogP) is 2.25. The van der Waals surface area contributed by atoms with Gasteiger partial charge in [0.1, 0.15) is 6.10 Å². The number of ether oxygens (including phenoxy) is 1. The van der Waals surface area contributed by atoms with Gasteiger partial charge in [-0.1, -0.05) is 6.07 Å². The monoisotopic (exact) mass is 376 g/mol. The molecule has 0 aromatic carbocycles. The third kappa shape index (κ3) is 4.48. The van der Waals surface area contributed by atoms with E-state index in [0.29, 0.717) is 19.0 Å². The van der Waals surface area contributed by atoms with Gasteiger partial charge in [0, 0.05) is 31.3 Å².